The minimum atomic E-state index is -0.542. The van der Waals surface area contributed by atoms with E-state index >= 15 is 0 Å². The number of rotatable bonds is 7. The Kier molecular flexibility index (Phi) is 8.38. The Labute approximate surface area is 246 Å². The zero-order valence-electron chi connectivity index (χ0n) is 24.5. The van der Waals surface area contributed by atoms with Crippen LogP contribution >= 0.6 is 0 Å². The van der Waals surface area contributed by atoms with Crippen LogP contribution in [0.1, 0.15) is 54.4 Å². The summed E-state index contributed by atoms with van der Waals surface area (Å²) < 4.78 is 5.35. The predicted octanol–water partition coefficient (Wildman–Crippen LogP) is 5.29. The van der Waals surface area contributed by atoms with Gasteiger partial charge in [-0.05, 0) is 61.6 Å². The Morgan fingerprint density at radius 1 is 1.12 bits per heavy atom. The molecule has 2 aromatic carbocycles. The Morgan fingerprint density at radius 2 is 1.93 bits per heavy atom. The molecular formula is C32H36N8O2. The monoisotopic (exact) mass is 564 g/mol. The van der Waals surface area contributed by atoms with Gasteiger partial charge in [-0.25, -0.2) is 14.8 Å². The largest absolute Gasteiger partial charge is 0.444 e. The van der Waals surface area contributed by atoms with Crippen molar-refractivity contribution in [3.63, 3.8) is 0 Å². The van der Waals surface area contributed by atoms with Gasteiger partial charge >= 0.3 is 6.09 Å². The maximum Gasteiger partial charge on any atom is 0.407 e. The third kappa shape index (κ3) is 6.86. The van der Waals surface area contributed by atoms with Crippen LogP contribution in [0.4, 0.5) is 16.6 Å². The van der Waals surface area contributed by atoms with Crippen molar-refractivity contribution in [1.82, 2.24) is 25.3 Å². The first-order chi connectivity index (χ1) is 20.2. The number of nitrogens with zero attached hydrogens (tertiary/aromatic N) is 5. The lowest BCUT2D eigenvalue weighted by molar-refractivity contribution is 0.0523. The molecule has 0 radical (unpaired) electrons. The van der Waals surface area contributed by atoms with Crippen LogP contribution in [0, 0.1) is 18.3 Å². The maximum atomic E-state index is 12.1. The number of nitriles is 1. The fourth-order valence-electron chi connectivity index (χ4n) is 5.07. The Balaban J connectivity index is 1.28. The van der Waals surface area contributed by atoms with E-state index in [9.17, 15) is 10.1 Å². The summed E-state index contributed by atoms with van der Waals surface area (Å²) in [6.07, 6.45) is 4.50. The summed E-state index contributed by atoms with van der Waals surface area (Å²) in [5.41, 5.74) is 7.53. The molecule has 4 aromatic rings. The number of ether oxygens (including phenoxy) is 1. The molecule has 0 saturated carbocycles. The second kappa shape index (κ2) is 12.3. The molecule has 2 aromatic heterocycles. The van der Waals surface area contributed by atoms with Crippen molar-refractivity contribution in [3.8, 4) is 17.2 Å². The van der Waals surface area contributed by atoms with Crippen LogP contribution in [0.3, 0.4) is 0 Å². The van der Waals surface area contributed by atoms with Gasteiger partial charge in [0.25, 0.3) is 0 Å². The Hall–Kier alpha value is -4.91. The van der Waals surface area contributed by atoms with Crippen LogP contribution in [-0.2, 0) is 30.7 Å². The van der Waals surface area contributed by atoms with E-state index in [4.69, 9.17) is 9.72 Å². The van der Waals surface area contributed by atoms with Crippen molar-refractivity contribution in [1.29, 1.82) is 5.26 Å². The standard InChI is InChI=1S/C32H36N8O2/c1-21-24(9-6-10-26(21)23-8-5-7-22(15-23)17-36-31(41)42-32(2,3)4)18-34-30-35-19-25(16-33)29(39-30)40-13-11-27-28(12-14-40)38-20-37-27/h5-10,15,19-20H,11-14,17-18H2,1-4H3,(H,36,41)(H,37,38)(H,34,35,39). The van der Waals surface area contributed by atoms with E-state index in [1.165, 1.54) is 0 Å². The highest BCUT2D eigenvalue weighted by Gasteiger charge is 2.21. The minimum absolute atomic E-state index is 0.376. The van der Waals surface area contributed by atoms with Crippen molar-refractivity contribution in [2.75, 3.05) is 23.3 Å². The van der Waals surface area contributed by atoms with E-state index in [-0.39, 0.29) is 0 Å². The minimum Gasteiger partial charge on any atom is -0.444 e. The Morgan fingerprint density at radius 3 is 2.74 bits per heavy atom. The SMILES string of the molecule is Cc1c(CNc2ncc(C#N)c(N3CCc4nc[nH]c4CC3)n2)cccc1-c1cccc(CNC(=O)OC(C)(C)C)c1. The molecule has 0 spiro atoms. The number of imidazole rings is 1. The highest BCUT2D eigenvalue weighted by Crippen LogP contribution is 2.28. The van der Waals surface area contributed by atoms with Crippen molar-refractivity contribution < 1.29 is 9.53 Å². The van der Waals surface area contributed by atoms with Gasteiger partial charge in [-0.1, -0.05) is 36.4 Å². The first-order valence-corrected chi connectivity index (χ1v) is 14.1. The lowest BCUT2D eigenvalue weighted by Crippen LogP contribution is -2.32. The molecule has 10 heteroatoms. The molecule has 10 nitrogen and oxygen atoms in total. The van der Waals surface area contributed by atoms with E-state index in [0.29, 0.717) is 30.4 Å². The van der Waals surface area contributed by atoms with Gasteiger partial charge < -0.3 is 25.3 Å². The third-order valence-corrected chi connectivity index (χ3v) is 7.20. The molecule has 3 heterocycles. The van der Waals surface area contributed by atoms with Crippen LogP contribution < -0.4 is 15.5 Å². The number of amides is 1. The second-order valence-corrected chi connectivity index (χ2v) is 11.4. The van der Waals surface area contributed by atoms with Crippen molar-refractivity contribution >= 4 is 17.9 Å². The van der Waals surface area contributed by atoms with Gasteiger partial charge in [0.05, 0.1) is 18.2 Å². The van der Waals surface area contributed by atoms with E-state index in [1.54, 1.807) is 12.5 Å². The number of alkyl carbamates (subject to hydrolysis) is 1. The average molecular weight is 565 g/mol. The number of carbonyl (C=O) groups is 1. The number of hydrogen-bond donors (Lipinski definition) is 3. The van der Waals surface area contributed by atoms with E-state index in [2.05, 4.69) is 67.7 Å². The summed E-state index contributed by atoms with van der Waals surface area (Å²) >= 11 is 0. The number of aromatic amines is 1. The second-order valence-electron chi connectivity index (χ2n) is 11.4. The summed E-state index contributed by atoms with van der Waals surface area (Å²) in [4.78, 5) is 31.1. The van der Waals surface area contributed by atoms with Crippen LogP contribution in [0.25, 0.3) is 11.1 Å². The number of anilines is 2. The molecule has 1 aliphatic rings. The molecule has 3 N–H and O–H groups in total. The lowest BCUT2D eigenvalue weighted by Gasteiger charge is -2.22. The molecule has 0 bridgehead atoms. The summed E-state index contributed by atoms with van der Waals surface area (Å²) in [7, 11) is 0. The number of fused-ring (bicyclic) bond motifs is 1. The Bertz CT molecular complexity index is 1590. The van der Waals surface area contributed by atoms with Gasteiger partial charge in [-0.15, -0.1) is 0 Å². The molecule has 216 valence electrons. The molecule has 0 unspecified atom stereocenters. The fraction of sp³-hybridized carbons (Fsp3) is 0.344. The first-order valence-electron chi connectivity index (χ1n) is 14.1. The van der Waals surface area contributed by atoms with Gasteiger partial charge in [0.1, 0.15) is 17.2 Å². The number of carbonyl (C=O) groups excluding carboxylic acids is 1. The normalized spacial score (nSPS) is 13.1. The quantitative estimate of drug-likeness (QED) is 0.276. The average Bonchev–Trinajstić information content (AvgIpc) is 3.32. The van der Waals surface area contributed by atoms with Crippen molar-refractivity contribution in [3.05, 3.63) is 88.6 Å². The molecule has 0 atom stereocenters. The molecular weight excluding hydrogens is 528 g/mol. The summed E-state index contributed by atoms with van der Waals surface area (Å²) in [6.45, 7) is 10.0. The van der Waals surface area contributed by atoms with E-state index < -0.39 is 11.7 Å². The van der Waals surface area contributed by atoms with Crippen LogP contribution in [0.15, 0.2) is 55.0 Å². The van der Waals surface area contributed by atoms with Gasteiger partial charge in [0.15, 0.2) is 5.82 Å². The maximum absolute atomic E-state index is 12.1. The third-order valence-electron chi connectivity index (χ3n) is 7.20. The van der Waals surface area contributed by atoms with Crippen molar-refractivity contribution in [2.45, 2.75) is 59.2 Å². The number of benzene rings is 2. The first kappa shape index (κ1) is 28.6. The molecule has 42 heavy (non-hydrogen) atoms. The summed E-state index contributed by atoms with van der Waals surface area (Å²) in [5, 5.41) is 15.9. The van der Waals surface area contributed by atoms with Gasteiger partial charge in [0.2, 0.25) is 5.95 Å². The van der Waals surface area contributed by atoms with E-state index in [0.717, 1.165) is 65.1 Å². The van der Waals surface area contributed by atoms with Gasteiger partial charge in [0, 0.05) is 44.7 Å². The van der Waals surface area contributed by atoms with E-state index in [1.807, 2.05) is 39.0 Å². The molecule has 0 saturated heterocycles. The van der Waals surface area contributed by atoms with Gasteiger partial charge in [-0.2, -0.15) is 10.2 Å². The van der Waals surface area contributed by atoms with Crippen molar-refractivity contribution in [2.24, 2.45) is 0 Å². The summed E-state index contributed by atoms with van der Waals surface area (Å²) in [6, 6.07) is 16.6. The highest BCUT2D eigenvalue weighted by molar-refractivity contribution is 5.70. The molecule has 0 aliphatic carbocycles. The number of H-pyrrole nitrogens is 1. The predicted molar refractivity (Wildman–Crippen MR) is 162 cm³/mol. The highest BCUT2D eigenvalue weighted by atomic mass is 16.6. The molecule has 5 rings (SSSR count). The fourth-order valence-corrected chi connectivity index (χ4v) is 5.07. The van der Waals surface area contributed by atoms with Crippen LogP contribution in [0.5, 0.6) is 0 Å². The molecule has 0 fully saturated rings. The van der Waals surface area contributed by atoms with Crippen LogP contribution in [-0.4, -0.2) is 44.7 Å². The molecule has 1 aliphatic heterocycles. The smallest absolute Gasteiger partial charge is 0.407 e. The van der Waals surface area contributed by atoms with Crippen LogP contribution in [0.2, 0.25) is 0 Å². The zero-order valence-corrected chi connectivity index (χ0v) is 24.5. The number of nitrogens with one attached hydrogen (secondary N) is 3. The molecule has 1 amide bonds. The number of hydrogen-bond acceptors (Lipinski definition) is 8. The zero-order chi connectivity index (χ0) is 29.7. The summed E-state index contributed by atoms with van der Waals surface area (Å²) in [5.74, 6) is 1.12. The topological polar surface area (TPSA) is 132 Å². The lowest BCUT2D eigenvalue weighted by atomic mass is 9.95. The van der Waals surface area contributed by atoms with Gasteiger partial charge in [-0.3, -0.25) is 0 Å². The number of aromatic nitrogens is 4.